The lowest BCUT2D eigenvalue weighted by molar-refractivity contribution is 0.478. The van der Waals surface area contributed by atoms with E-state index in [0.717, 1.165) is 9.71 Å². The fourth-order valence-electron chi connectivity index (χ4n) is 1.11. The minimum absolute atomic E-state index is 0.104. The van der Waals surface area contributed by atoms with Gasteiger partial charge in [0.2, 0.25) is 0 Å². The Hall–Kier alpha value is -1.29. The van der Waals surface area contributed by atoms with Crippen molar-refractivity contribution >= 4 is 27.2 Å². The number of aromatic nitrogens is 1. The normalized spacial score (nSPS) is 10.8. The molecular formula is C8H8N2OS. The molecule has 0 fully saturated rings. The van der Waals surface area contributed by atoms with E-state index >= 15 is 0 Å². The molecule has 0 aliphatic heterocycles. The molecular weight excluding hydrogens is 172 g/mol. The van der Waals surface area contributed by atoms with Gasteiger partial charge < -0.3 is 10.8 Å². The molecule has 12 heavy (non-hydrogen) atoms. The van der Waals surface area contributed by atoms with Crippen LogP contribution in [0.1, 0.15) is 5.01 Å². The van der Waals surface area contributed by atoms with Crippen LogP contribution < -0.4 is 5.73 Å². The standard InChI is InChI=1S/C8H8N2OS/c1-4-10-8-6(12-4)3-2-5(11)7(8)9/h2-3,11H,9H2,1H3. The molecule has 0 unspecified atom stereocenters. The molecule has 0 aliphatic rings. The third-order valence-corrected chi connectivity index (χ3v) is 2.62. The molecule has 1 aromatic heterocycles. The number of anilines is 1. The first kappa shape index (κ1) is 7.36. The maximum atomic E-state index is 9.27. The van der Waals surface area contributed by atoms with Crippen molar-refractivity contribution in [1.82, 2.24) is 4.98 Å². The summed E-state index contributed by atoms with van der Waals surface area (Å²) in [6, 6.07) is 3.42. The van der Waals surface area contributed by atoms with Gasteiger partial charge in [-0.3, -0.25) is 0 Å². The Morgan fingerprint density at radius 1 is 1.50 bits per heavy atom. The molecule has 0 saturated carbocycles. The van der Waals surface area contributed by atoms with E-state index in [-0.39, 0.29) is 5.75 Å². The van der Waals surface area contributed by atoms with E-state index in [4.69, 9.17) is 5.73 Å². The highest BCUT2D eigenvalue weighted by Crippen LogP contribution is 2.31. The molecule has 0 bridgehead atoms. The number of thiazole rings is 1. The lowest BCUT2D eigenvalue weighted by Gasteiger charge is -1.96. The van der Waals surface area contributed by atoms with Crippen molar-refractivity contribution < 1.29 is 5.11 Å². The molecule has 0 amide bonds. The summed E-state index contributed by atoms with van der Waals surface area (Å²) in [6.45, 7) is 1.92. The van der Waals surface area contributed by atoms with Crippen LogP contribution in [0.5, 0.6) is 5.75 Å². The predicted molar refractivity (Wildman–Crippen MR) is 50.4 cm³/mol. The van der Waals surface area contributed by atoms with Crippen molar-refractivity contribution in [3.8, 4) is 5.75 Å². The lowest BCUT2D eigenvalue weighted by atomic mass is 10.3. The topological polar surface area (TPSA) is 59.1 Å². The van der Waals surface area contributed by atoms with Gasteiger partial charge in [0.15, 0.2) is 0 Å². The van der Waals surface area contributed by atoms with Crippen LogP contribution in [0, 0.1) is 6.92 Å². The fourth-order valence-corrected chi connectivity index (χ4v) is 1.96. The molecule has 62 valence electrons. The number of nitrogens with two attached hydrogens (primary N) is 1. The number of benzene rings is 1. The van der Waals surface area contributed by atoms with E-state index in [2.05, 4.69) is 4.98 Å². The Labute approximate surface area is 73.5 Å². The average Bonchev–Trinajstić information content (AvgIpc) is 2.39. The summed E-state index contributed by atoms with van der Waals surface area (Å²) in [6.07, 6.45) is 0. The van der Waals surface area contributed by atoms with Crippen molar-refractivity contribution in [2.24, 2.45) is 0 Å². The number of fused-ring (bicyclic) bond motifs is 1. The van der Waals surface area contributed by atoms with Crippen LogP contribution in [-0.2, 0) is 0 Å². The molecule has 3 N–H and O–H groups in total. The zero-order chi connectivity index (χ0) is 8.72. The molecule has 0 radical (unpaired) electrons. The van der Waals surface area contributed by atoms with Crippen LogP contribution in [0.25, 0.3) is 10.2 Å². The van der Waals surface area contributed by atoms with Crippen molar-refractivity contribution in [2.75, 3.05) is 5.73 Å². The molecule has 4 heteroatoms. The number of phenols is 1. The zero-order valence-electron chi connectivity index (χ0n) is 6.53. The molecule has 1 heterocycles. The van der Waals surface area contributed by atoms with Crippen LogP contribution in [-0.4, -0.2) is 10.1 Å². The van der Waals surface area contributed by atoms with Crippen LogP contribution in [0.2, 0.25) is 0 Å². The summed E-state index contributed by atoms with van der Waals surface area (Å²) in [5, 5.41) is 10.2. The first-order valence-corrected chi connectivity index (χ1v) is 4.34. The quantitative estimate of drug-likeness (QED) is 0.481. The van der Waals surface area contributed by atoms with E-state index in [1.54, 1.807) is 17.4 Å². The molecule has 1 aromatic carbocycles. The van der Waals surface area contributed by atoms with Crippen molar-refractivity contribution in [2.45, 2.75) is 6.92 Å². The Morgan fingerprint density at radius 2 is 2.25 bits per heavy atom. The Balaban J connectivity index is 2.89. The smallest absolute Gasteiger partial charge is 0.140 e. The second-order valence-electron chi connectivity index (χ2n) is 2.58. The summed E-state index contributed by atoms with van der Waals surface area (Å²) in [5.41, 5.74) is 6.70. The summed E-state index contributed by atoms with van der Waals surface area (Å²) in [4.78, 5) is 4.21. The van der Waals surface area contributed by atoms with Crippen molar-refractivity contribution in [1.29, 1.82) is 0 Å². The van der Waals surface area contributed by atoms with Gasteiger partial charge in [0, 0.05) is 0 Å². The summed E-state index contributed by atoms with van der Waals surface area (Å²) < 4.78 is 1.02. The van der Waals surface area contributed by atoms with Crippen LogP contribution >= 0.6 is 11.3 Å². The maximum absolute atomic E-state index is 9.27. The van der Waals surface area contributed by atoms with Gasteiger partial charge in [-0.2, -0.15) is 0 Å². The van der Waals surface area contributed by atoms with Gasteiger partial charge in [-0.1, -0.05) is 0 Å². The Bertz CT molecular complexity index is 436. The summed E-state index contributed by atoms with van der Waals surface area (Å²) in [5.74, 6) is 0.104. The summed E-state index contributed by atoms with van der Waals surface area (Å²) in [7, 11) is 0. The van der Waals surface area contributed by atoms with E-state index in [1.807, 2.05) is 13.0 Å². The number of aromatic hydroxyl groups is 1. The van der Waals surface area contributed by atoms with Crippen LogP contribution in [0.15, 0.2) is 12.1 Å². The lowest BCUT2D eigenvalue weighted by Crippen LogP contribution is -1.86. The van der Waals surface area contributed by atoms with E-state index in [9.17, 15) is 5.11 Å². The first-order valence-electron chi connectivity index (χ1n) is 3.53. The monoisotopic (exact) mass is 180 g/mol. The Morgan fingerprint density at radius 3 is 3.00 bits per heavy atom. The highest BCUT2D eigenvalue weighted by Gasteiger charge is 2.06. The van der Waals surface area contributed by atoms with Gasteiger partial charge in [-0.15, -0.1) is 11.3 Å². The number of aryl methyl sites for hydroxylation is 1. The van der Waals surface area contributed by atoms with E-state index in [1.165, 1.54) is 0 Å². The molecule has 0 saturated heterocycles. The first-order chi connectivity index (χ1) is 5.68. The van der Waals surface area contributed by atoms with Gasteiger partial charge in [-0.05, 0) is 19.1 Å². The molecule has 3 nitrogen and oxygen atoms in total. The average molecular weight is 180 g/mol. The Kier molecular flexibility index (Phi) is 1.44. The highest BCUT2D eigenvalue weighted by atomic mass is 32.1. The van der Waals surface area contributed by atoms with Gasteiger partial charge >= 0.3 is 0 Å². The number of hydrogen-bond acceptors (Lipinski definition) is 4. The number of nitrogens with zero attached hydrogens (tertiary/aromatic N) is 1. The third-order valence-electron chi connectivity index (χ3n) is 1.68. The SMILES string of the molecule is Cc1nc2c(N)c(O)ccc2s1. The number of phenolic OH excluding ortho intramolecular Hbond substituents is 1. The number of hydrogen-bond donors (Lipinski definition) is 2. The fraction of sp³-hybridized carbons (Fsp3) is 0.125. The molecule has 0 spiro atoms. The molecule has 2 rings (SSSR count). The number of nitrogen functional groups attached to an aromatic ring is 1. The molecule has 0 aliphatic carbocycles. The van der Waals surface area contributed by atoms with Gasteiger partial charge in [0.05, 0.1) is 9.71 Å². The maximum Gasteiger partial charge on any atom is 0.140 e. The number of rotatable bonds is 0. The third kappa shape index (κ3) is 0.921. The minimum atomic E-state index is 0.104. The highest BCUT2D eigenvalue weighted by molar-refractivity contribution is 7.18. The van der Waals surface area contributed by atoms with Crippen LogP contribution in [0.3, 0.4) is 0 Å². The van der Waals surface area contributed by atoms with Crippen molar-refractivity contribution in [3.63, 3.8) is 0 Å². The molecule has 2 aromatic rings. The summed E-state index contributed by atoms with van der Waals surface area (Å²) >= 11 is 1.57. The minimum Gasteiger partial charge on any atom is -0.506 e. The van der Waals surface area contributed by atoms with Gasteiger partial charge in [-0.25, -0.2) is 4.98 Å². The molecule has 0 atom stereocenters. The zero-order valence-corrected chi connectivity index (χ0v) is 7.35. The largest absolute Gasteiger partial charge is 0.506 e. The van der Waals surface area contributed by atoms with Crippen molar-refractivity contribution in [3.05, 3.63) is 17.1 Å². The second-order valence-corrected chi connectivity index (χ2v) is 3.81. The van der Waals surface area contributed by atoms with Gasteiger partial charge in [0.1, 0.15) is 17.0 Å². The van der Waals surface area contributed by atoms with E-state index in [0.29, 0.717) is 11.2 Å². The van der Waals surface area contributed by atoms with E-state index < -0.39 is 0 Å². The predicted octanol–water partition coefficient (Wildman–Crippen LogP) is 1.89. The second kappa shape index (κ2) is 2.35. The van der Waals surface area contributed by atoms with Crippen LogP contribution in [0.4, 0.5) is 5.69 Å². The van der Waals surface area contributed by atoms with Gasteiger partial charge in [0.25, 0.3) is 0 Å².